The van der Waals surface area contributed by atoms with Crippen molar-refractivity contribution in [2.75, 3.05) is 7.11 Å². The van der Waals surface area contributed by atoms with E-state index < -0.39 is 17.8 Å². The number of hydrogen-bond acceptors (Lipinski definition) is 5. The van der Waals surface area contributed by atoms with E-state index in [9.17, 15) is 9.18 Å². The molecule has 0 radical (unpaired) electrons. The third-order valence-corrected chi connectivity index (χ3v) is 4.40. The predicted octanol–water partition coefficient (Wildman–Crippen LogP) is 3.39. The number of halogens is 2. The zero-order valence-electron chi connectivity index (χ0n) is 14.6. The van der Waals surface area contributed by atoms with Gasteiger partial charge in [0.1, 0.15) is 17.6 Å². The summed E-state index contributed by atoms with van der Waals surface area (Å²) in [6, 6.07) is 6.64. The van der Waals surface area contributed by atoms with E-state index in [0.717, 1.165) is 0 Å². The molecule has 0 bridgehead atoms. The van der Waals surface area contributed by atoms with Gasteiger partial charge in [-0.3, -0.25) is 9.98 Å². The van der Waals surface area contributed by atoms with Crippen molar-refractivity contribution in [3.63, 3.8) is 0 Å². The topological polar surface area (TPSA) is 63.6 Å². The van der Waals surface area contributed by atoms with Gasteiger partial charge in [-0.2, -0.15) is 0 Å². The van der Waals surface area contributed by atoms with Crippen molar-refractivity contribution in [1.82, 2.24) is 10.3 Å². The van der Waals surface area contributed by atoms with E-state index in [-0.39, 0.29) is 10.6 Å². The number of ether oxygens (including phenoxy) is 1. The minimum absolute atomic E-state index is 0.162. The van der Waals surface area contributed by atoms with Crippen molar-refractivity contribution < 1.29 is 13.9 Å². The molecule has 1 aliphatic rings. The van der Waals surface area contributed by atoms with Gasteiger partial charge in [0.25, 0.3) is 0 Å². The SMILES string of the molecule is C#Cc1ccc(C2=NC(c3ccc(F)cc3Cl)C(C(=O)OC)=C(C)N2)nc1. The first kappa shape index (κ1) is 18.6. The highest BCUT2D eigenvalue weighted by Crippen LogP contribution is 2.36. The standard InChI is InChI=1S/C20H15ClFN3O2/c1-4-12-5-8-16(23-10-12)19-24-11(2)17(20(26)27-3)18(25-19)14-7-6-13(22)9-15(14)21/h1,5-10,18H,2-3H3,(H,24,25). The maximum absolute atomic E-state index is 13.5. The number of carbonyl (C=O) groups is 1. The first-order valence-electron chi connectivity index (χ1n) is 7.96. The summed E-state index contributed by atoms with van der Waals surface area (Å²) >= 11 is 6.21. The van der Waals surface area contributed by atoms with Crippen LogP contribution in [0.25, 0.3) is 0 Å². The molecule has 1 N–H and O–H groups in total. The Kier molecular flexibility index (Phi) is 5.24. The molecule has 0 amide bonds. The number of allylic oxidation sites excluding steroid dienone is 1. The van der Waals surface area contributed by atoms with Gasteiger partial charge in [-0.25, -0.2) is 9.18 Å². The normalized spacial score (nSPS) is 16.3. The average molecular weight is 384 g/mol. The van der Waals surface area contributed by atoms with Crippen LogP contribution in [0.4, 0.5) is 4.39 Å². The minimum Gasteiger partial charge on any atom is -0.466 e. The highest BCUT2D eigenvalue weighted by Gasteiger charge is 2.32. The largest absolute Gasteiger partial charge is 0.466 e. The number of aliphatic imine (C=N–C) groups is 1. The smallest absolute Gasteiger partial charge is 0.338 e. The predicted molar refractivity (Wildman–Crippen MR) is 101 cm³/mol. The zero-order valence-corrected chi connectivity index (χ0v) is 15.3. The number of carbonyl (C=O) groups excluding carboxylic acids is 1. The lowest BCUT2D eigenvalue weighted by Crippen LogP contribution is -2.33. The number of benzene rings is 1. The fourth-order valence-electron chi connectivity index (χ4n) is 2.75. The highest BCUT2D eigenvalue weighted by molar-refractivity contribution is 6.31. The summed E-state index contributed by atoms with van der Waals surface area (Å²) in [4.78, 5) is 21.2. The molecule has 27 heavy (non-hydrogen) atoms. The maximum Gasteiger partial charge on any atom is 0.338 e. The fraction of sp³-hybridized carbons (Fsp3) is 0.150. The molecule has 3 rings (SSSR count). The van der Waals surface area contributed by atoms with Crippen molar-refractivity contribution in [2.45, 2.75) is 13.0 Å². The molecule has 0 saturated heterocycles. The lowest BCUT2D eigenvalue weighted by molar-refractivity contribution is -0.136. The quantitative estimate of drug-likeness (QED) is 0.651. The summed E-state index contributed by atoms with van der Waals surface area (Å²) in [7, 11) is 1.28. The van der Waals surface area contributed by atoms with E-state index in [1.54, 1.807) is 25.3 Å². The lowest BCUT2D eigenvalue weighted by atomic mass is 9.95. The van der Waals surface area contributed by atoms with Gasteiger partial charge >= 0.3 is 5.97 Å². The van der Waals surface area contributed by atoms with Crippen molar-refractivity contribution in [1.29, 1.82) is 0 Å². The molecule has 2 aromatic rings. The van der Waals surface area contributed by atoms with Gasteiger partial charge < -0.3 is 10.1 Å². The molecule has 7 heteroatoms. The summed E-state index contributed by atoms with van der Waals surface area (Å²) in [5.74, 6) is 1.91. The van der Waals surface area contributed by atoms with Gasteiger partial charge in [0, 0.05) is 28.0 Å². The van der Waals surface area contributed by atoms with Crippen LogP contribution >= 0.6 is 11.6 Å². The van der Waals surface area contributed by atoms with E-state index in [1.807, 2.05) is 0 Å². The number of nitrogens with one attached hydrogen (secondary N) is 1. The van der Waals surface area contributed by atoms with Crippen LogP contribution in [0.1, 0.15) is 29.8 Å². The molecule has 0 aliphatic carbocycles. The second-order valence-electron chi connectivity index (χ2n) is 5.78. The molecule has 2 heterocycles. The number of nitrogens with zero attached hydrogens (tertiary/aromatic N) is 2. The van der Waals surface area contributed by atoms with Crippen LogP contribution in [-0.4, -0.2) is 23.9 Å². The number of pyridine rings is 1. The Morgan fingerprint density at radius 1 is 1.37 bits per heavy atom. The third-order valence-electron chi connectivity index (χ3n) is 4.08. The second-order valence-corrected chi connectivity index (χ2v) is 6.18. The molecule has 0 saturated carbocycles. The van der Waals surface area contributed by atoms with Crippen LogP contribution in [0.5, 0.6) is 0 Å². The van der Waals surface area contributed by atoms with Crippen LogP contribution < -0.4 is 5.32 Å². The Morgan fingerprint density at radius 3 is 2.74 bits per heavy atom. The number of hydrogen-bond donors (Lipinski definition) is 1. The third kappa shape index (κ3) is 3.69. The number of aromatic nitrogens is 1. The van der Waals surface area contributed by atoms with Crippen LogP contribution in [0.15, 0.2) is 52.8 Å². The molecule has 1 aliphatic heterocycles. The average Bonchev–Trinajstić information content (AvgIpc) is 2.67. The van der Waals surface area contributed by atoms with Crippen LogP contribution in [0, 0.1) is 18.2 Å². The van der Waals surface area contributed by atoms with E-state index >= 15 is 0 Å². The number of methoxy groups -OCH3 is 1. The molecule has 1 unspecified atom stereocenters. The number of rotatable bonds is 3. The number of esters is 1. The Hall–Kier alpha value is -3.17. The van der Waals surface area contributed by atoms with Gasteiger partial charge in [0.15, 0.2) is 5.84 Å². The Balaban J connectivity index is 2.12. The Bertz CT molecular complexity index is 1010. The molecular weight excluding hydrogens is 369 g/mol. The van der Waals surface area contributed by atoms with Crippen LogP contribution in [0.3, 0.4) is 0 Å². The monoisotopic (exact) mass is 383 g/mol. The summed E-state index contributed by atoms with van der Waals surface area (Å²) in [5, 5.41) is 3.23. The first-order valence-corrected chi connectivity index (χ1v) is 8.34. The number of amidine groups is 1. The van der Waals surface area contributed by atoms with Crippen LogP contribution in [-0.2, 0) is 9.53 Å². The van der Waals surface area contributed by atoms with Crippen molar-refractivity contribution >= 4 is 23.4 Å². The van der Waals surface area contributed by atoms with E-state index in [4.69, 9.17) is 22.8 Å². The summed E-state index contributed by atoms with van der Waals surface area (Å²) in [5.41, 5.74) is 2.49. The second kappa shape index (κ2) is 7.60. The van der Waals surface area contributed by atoms with Crippen molar-refractivity contribution in [3.05, 3.63) is 75.5 Å². The molecule has 136 valence electrons. The first-order chi connectivity index (χ1) is 12.9. The highest BCUT2D eigenvalue weighted by atomic mass is 35.5. The van der Waals surface area contributed by atoms with Gasteiger partial charge in [-0.05, 0) is 31.2 Å². The molecule has 0 spiro atoms. The van der Waals surface area contributed by atoms with E-state index in [2.05, 4.69) is 21.2 Å². The van der Waals surface area contributed by atoms with E-state index in [1.165, 1.54) is 25.3 Å². The summed E-state index contributed by atoms with van der Waals surface area (Å²) < 4.78 is 18.3. The molecular formula is C20H15ClFN3O2. The van der Waals surface area contributed by atoms with Gasteiger partial charge in [-0.1, -0.05) is 23.6 Å². The van der Waals surface area contributed by atoms with Gasteiger partial charge in [0.05, 0.1) is 12.7 Å². The number of terminal acetylenes is 1. The molecule has 0 fully saturated rings. The molecule has 1 aromatic heterocycles. The summed E-state index contributed by atoms with van der Waals surface area (Å²) in [6.07, 6.45) is 6.90. The molecule has 1 atom stereocenters. The summed E-state index contributed by atoms with van der Waals surface area (Å²) in [6.45, 7) is 1.72. The molecule has 1 aromatic carbocycles. The van der Waals surface area contributed by atoms with Crippen molar-refractivity contribution in [3.8, 4) is 12.3 Å². The fourth-order valence-corrected chi connectivity index (χ4v) is 3.02. The maximum atomic E-state index is 13.5. The van der Waals surface area contributed by atoms with Gasteiger partial charge in [0.2, 0.25) is 0 Å². The Morgan fingerprint density at radius 2 is 2.15 bits per heavy atom. The zero-order chi connectivity index (χ0) is 19.6. The van der Waals surface area contributed by atoms with E-state index in [0.29, 0.717) is 28.4 Å². The lowest BCUT2D eigenvalue weighted by Gasteiger charge is -2.26. The molecule has 5 nitrogen and oxygen atoms in total. The van der Waals surface area contributed by atoms with Crippen molar-refractivity contribution in [2.24, 2.45) is 4.99 Å². The Labute approximate surface area is 160 Å². The van der Waals surface area contributed by atoms with Crippen LogP contribution in [0.2, 0.25) is 5.02 Å². The minimum atomic E-state index is -0.768. The van der Waals surface area contributed by atoms with Gasteiger partial charge in [-0.15, -0.1) is 6.42 Å².